The first-order chi connectivity index (χ1) is 9.09. The van der Waals surface area contributed by atoms with E-state index in [2.05, 4.69) is 10.0 Å². The summed E-state index contributed by atoms with van der Waals surface area (Å²) in [4.78, 5) is 0. The third-order valence-corrected chi connectivity index (χ3v) is 5.46. The first kappa shape index (κ1) is 15.2. The van der Waals surface area contributed by atoms with Gasteiger partial charge in [0.15, 0.2) is 0 Å². The molecule has 1 aliphatic carbocycles. The molecule has 1 unspecified atom stereocenters. The number of ether oxygens (including phenoxy) is 1. The molecule has 2 N–H and O–H groups in total. The topological polar surface area (TPSA) is 67.4 Å². The molecule has 2 aliphatic rings. The van der Waals surface area contributed by atoms with Gasteiger partial charge in [-0.25, -0.2) is 13.1 Å². The molecular formula is C13H26N2O3S. The molecule has 2 rings (SSSR count). The Morgan fingerprint density at radius 3 is 2.74 bits per heavy atom. The summed E-state index contributed by atoms with van der Waals surface area (Å²) < 4.78 is 32.1. The van der Waals surface area contributed by atoms with Gasteiger partial charge in [-0.05, 0) is 45.6 Å². The van der Waals surface area contributed by atoms with E-state index in [1.54, 1.807) is 0 Å². The molecule has 0 aromatic rings. The molecule has 0 radical (unpaired) electrons. The zero-order valence-electron chi connectivity index (χ0n) is 11.7. The first-order valence-electron chi connectivity index (χ1n) is 7.44. The van der Waals surface area contributed by atoms with Gasteiger partial charge in [0.1, 0.15) is 0 Å². The summed E-state index contributed by atoms with van der Waals surface area (Å²) in [6.07, 6.45) is 6.12. The van der Waals surface area contributed by atoms with Crippen LogP contribution in [0.15, 0.2) is 0 Å². The molecule has 112 valence electrons. The van der Waals surface area contributed by atoms with Crippen molar-refractivity contribution >= 4 is 10.0 Å². The summed E-state index contributed by atoms with van der Waals surface area (Å²) in [5.41, 5.74) is 0. The summed E-state index contributed by atoms with van der Waals surface area (Å²) in [7, 11) is -3.12. The van der Waals surface area contributed by atoms with E-state index in [0.717, 1.165) is 32.2 Å². The standard InChI is InChI=1S/C13H26N2O3S/c1-2-18-13-9-12(10-13)15-19(16,17)8-6-11-5-3-4-7-14-11/h11-15H,2-10H2,1H3. The van der Waals surface area contributed by atoms with Crippen LogP contribution in [0.25, 0.3) is 0 Å². The highest BCUT2D eigenvalue weighted by atomic mass is 32.2. The van der Waals surface area contributed by atoms with Gasteiger partial charge in [0.2, 0.25) is 10.0 Å². The van der Waals surface area contributed by atoms with E-state index >= 15 is 0 Å². The summed E-state index contributed by atoms with van der Waals surface area (Å²) in [6.45, 7) is 3.70. The van der Waals surface area contributed by atoms with Crippen LogP contribution in [-0.4, -0.2) is 45.5 Å². The van der Waals surface area contributed by atoms with E-state index in [-0.39, 0.29) is 17.9 Å². The second-order valence-electron chi connectivity index (χ2n) is 5.62. The quantitative estimate of drug-likeness (QED) is 0.734. The van der Waals surface area contributed by atoms with Crippen LogP contribution in [0.1, 0.15) is 45.4 Å². The molecular weight excluding hydrogens is 264 g/mol. The average Bonchev–Trinajstić information content (AvgIpc) is 2.35. The Hall–Kier alpha value is -0.170. The fourth-order valence-electron chi connectivity index (χ4n) is 2.81. The number of rotatable bonds is 7. The maximum Gasteiger partial charge on any atom is 0.211 e. The Morgan fingerprint density at radius 1 is 1.32 bits per heavy atom. The minimum atomic E-state index is -3.12. The predicted molar refractivity (Wildman–Crippen MR) is 75.6 cm³/mol. The molecule has 1 saturated heterocycles. The van der Waals surface area contributed by atoms with Crippen molar-refractivity contribution in [2.75, 3.05) is 18.9 Å². The van der Waals surface area contributed by atoms with Crippen molar-refractivity contribution in [3.63, 3.8) is 0 Å². The Balaban J connectivity index is 1.65. The van der Waals surface area contributed by atoms with Crippen molar-refractivity contribution in [1.82, 2.24) is 10.0 Å². The fourth-order valence-corrected chi connectivity index (χ4v) is 4.23. The van der Waals surface area contributed by atoms with Gasteiger partial charge in [0.05, 0.1) is 11.9 Å². The summed E-state index contributed by atoms with van der Waals surface area (Å²) in [5, 5.41) is 3.38. The molecule has 1 atom stereocenters. The van der Waals surface area contributed by atoms with Crippen molar-refractivity contribution in [3.8, 4) is 0 Å². The molecule has 2 fully saturated rings. The third kappa shape index (κ3) is 5.02. The van der Waals surface area contributed by atoms with Gasteiger partial charge in [-0.15, -0.1) is 0 Å². The van der Waals surface area contributed by atoms with Gasteiger partial charge in [-0.2, -0.15) is 0 Å². The number of piperidine rings is 1. The fraction of sp³-hybridized carbons (Fsp3) is 1.00. The van der Waals surface area contributed by atoms with Crippen LogP contribution in [-0.2, 0) is 14.8 Å². The Kier molecular flexibility index (Phi) is 5.62. The number of nitrogens with one attached hydrogen (secondary N) is 2. The zero-order valence-corrected chi connectivity index (χ0v) is 12.5. The maximum absolute atomic E-state index is 12.0. The number of hydrogen-bond acceptors (Lipinski definition) is 4. The van der Waals surface area contributed by atoms with Crippen molar-refractivity contribution in [3.05, 3.63) is 0 Å². The van der Waals surface area contributed by atoms with Crippen molar-refractivity contribution < 1.29 is 13.2 Å². The number of sulfonamides is 1. The van der Waals surface area contributed by atoms with Crippen LogP contribution in [0.5, 0.6) is 0 Å². The lowest BCUT2D eigenvalue weighted by Crippen LogP contribution is -2.48. The summed E-state index contributed by atoms with van der Waals surface area (Å²) in [6, 6.07) is 0.462. The predicted octanol–water partition coefficient (Wildman–Crippen LogP) is 1.01. The molecule has 19 heavy (non-hydrogen) atoms. The summed E-state index contributed by atoms with van der Waals surface area (Å²) >= 11 is 0. The van der Waals surface area contributed by atoms with Crippen molar-refractivity contribution in [1.29, 1.82) is 0 Å². The molecule has 1 aliphatic heterocycles. The Labute approximate surface area is 116 Å². The zero-order chi connectivity index (χ0) is 13.7. The van der Waals surface area contributed by atoms with Crippen LogP contribution in [0.4, 0.5) is 0 Å². The smallest absolute Gasteiger partial charge is 0.211 e. The molecule has 0 amide bonds. The molecule has 1 saturated carbocycles. The van der Waals surface area contributed by atoms with Crippen LogP contribution >= 0.6 is 0 Å². The van der Waals surface area contributed by atoms with Crippen LogP contribution in [0, 0.1) is 0 Å². The van der Waals surface area contributed by atoms with Crippen LogP contribution < -0.4 is 10.0 Å². The van der Waals surface area contributed by atoms with Gasteiger partial charge in [0.25, 0.3) is 0 Å². The Bertz CT molecular complexity index is 360. The highest BCUT2D eigenvalue weighted by molar-refractivity contribution is 7.89. The highest BCUT2D eigenvalue weighted by Crippen LogP contribution is 2.24. The molecule has 0 aromatic heterocycles. The average molecular weight is 290 g/mol. The molecule has 0 aromatic carbocycles. The summed E-state index contributed by atoms with van der Waals surface area (Å²) in [5.74, 6) is 0.237. The largest absolute Gasteiger partial charge is 0.378 e. The van der Waals surface area contributed by atoms with Crippen LogP contribution in [0.2, 0.25) is 0 Å². The van der Waals surface area contributed by atoms with E-state index in [0.29, 0.717) is 12.6 Å². The molecule has 1 heterocycles. The normalized spacial score (nSPS) is 31.9. The van der Waals surface area contributed by atoms with Crippen molar-refractivity contribution in [2.45, 2.75) is 63.6 Å². The highest BCUT2D eigenvalue weighted by Gasteiger charge is 2.32. The van der Waals surface area contributed by atoms with E-state index in [1.165, 1.54) is 12.8 Å². The van der Waals surface area contributed by atoms with Crippen molar-refractivity contribution in [2.24, 2.45) is 0 Å². The minimum absolute atomic E-state index is 0.0841. The molecule has 0 spiro atoms. The lowest BCUT2D eigenvalue weighted by atomic mass is 9.90. The van der Waals surface area contributed by atoms with Gasteiger partial charge < -0.3 is 10.1 Å². The van der Waals surface area contributed by atoms with Gasteiger partial charge >= 0.3 is 0 Å². The monoisotopic (exact) mass is 290 g/mol. The first-order valence-corrected chi connectivity index (χ1v) is 9.09. The second kappa shape index (κ2) is 7.02. The number of hydrogen-bond donors (Lipinski definition) is 2. The van der Waals surface area contributed by atoms with E-state index in [1.807, 2.05) is 6.92 Å². The Morgan fingerprint density at radius 2 is 2.11 bits per heavy atom. The van der Waals surface area contributed by atoms with E-state index in [4.69, 9.17) is 4.74 Å². The van der Waals surface area contributed by atoms with Gasteiger partial charge in [-0.3, -0.25) is 0 Å². The lowest BCUT2D eigenvalue weighted by molar-refractivity contribution is -0.00476. The van der Waals surface area contributed by atoms with E-state index in [9.17, 15) is 8.42 Å². The molecule has 0 bridgehead atoms. The molecule has 6 heteroatoms. The lowest BCUT2D eigenvalue weighted by Gasteiger charge is -2.35. The van der Waals surface area contributed by atoms with Gasteiger partial charge in [0, 0.05) is 18.7 Å². The molecule has 5 nitrogen and oxygen atoms in total. The van der Waals surface area contributed by atoms with Crippen LogP contribution in [0.3, 0.4) is 0 Å². The maximum atomic E-state index is 12.0. The van der Waals surface area contributed by atoms with E-state index < -0.39 is 10.0 Å². The van der Waals surface area contributed by atoms with Gasteiger partial charge in [-0.1, -0.05) is 6.42 Å². The SMILES string of the molecule is CCOC1CC(NS(=O)(=O)CCC2CCCCN2)C1. The second-order valence-corrected chi connectivity index (χ2v) is 7.49. The third-order valence-electron chi connectivity index (χ3n) is 3.99. The minimum Gasteiger partial charge on any atom is -0.378 e.